The Labute approximate surface area is 159 Å². The van der Waals surface area contributed by atoms with Gasteiger partial charge in [-0.25, -0.2) is 0 Å². The highest BCUT2D eigenvalue weighted by atomic mass is 35.5. The fourth-order valence-corrected chi connectivity index (χ4v) is 2.85. The first kappa shape index (κ1) is 20.0. The second kappa shape index (κ2) is 9.97. The average molecular weight is 374 g/mol. The van der Waals surface area contributed by atoms with E-state index in [2.05, 4.69) is 0 Å². The summed E-state index contributed by atoms with van der Waals surface area (Å²) in [6, 6.07) is 17.3. The zero-order valence-corrected chi connectivity index (χ0v) is 15.9. The molecule has 5 heteroatoms. The van der Waals surface area contributed by atoms with Crippen molar-refractivity contribution in [1.82, 2.24) is 4.90 Å². The molecule has 0 radical (unpaired) electrons. The van der Waals surface area contributed by atoms with Crippen molar-refractivity contribution in [3.8, 4) is 0 Å². The van der Waals surface area contributed by atoms with Crippen LogP contribution >= 0.6 is 11.6 Å². The molecular weight excluding hydrogens is 350 g/mol. The van der Waals surface area contributed by atoms with Gasteiger partial charge in [-0.05, 0) is 29.7 Å². The van der Waals surface area contributed by atoms with E-state index >= 15 is 0 Å². The minimum Gasteiger partial charge on any atom is -0.469 e. The quantitative estimate of drug-likeness (QED) is 0.654. The number of carbonyl (C=O) groups is 2. The molecule has 26 heavy (non-hydrogen) atoms. The number of methoxy groups -OCH3 is 1. The van der Waals surface area contributed by atoms with Crippen molar-refractivity contribution < 1.29 is 14.3 Å². The summed E-state index contributed by atoms with van der Waals surface area (Å²) in [5.74, 6) is -0.686. The molecule has 0 spiro atoms. The van der Waals surface area contributed by atoms with Gasteiger partial charge in [0.2, 0.25) is 5.91 Å². The third-order valence-corrected chi connectivity index (χ3v) is 4.46. The average Bonchev–Trinajstić information content (AvgIpc) is 2.67. The fraction of sp³-hybridized carbons (Fsp3) is 0.333. The molecule has 0 aliphatic heterocycles. The van der Waals surface area contributed by atoms with E-state index < -0.39 is 0 Å². The topological polar surface area (TPSA) is 46.6 Å². The zero-order valence-electron chi connectivity index (χ0n) is 15.2. The molecule has 0 aliphatic rings. The van der Waals surface area contributed by atoms with E-state index in [1.54, 1.807) is 24.0 Å². The predicted molar refractivity (Wildman–Crippen MR) is 103 cm³/mol. The first-order valence-electron chi connectivity index (χ1n) is 8.63. The largest absolute Gasteiger partial charge is 0.469 e. The Kier molecular flexibility index (Phi) is 7.67. The van der Waals surface area contributed by atoms with Crippen LogP contribution < -0.4 is 0 Å². The molecular formula is C21H24ClNO3. The molecule has 2 rings (SSSR count). The number of ether oxygens (including phenoxy) is 1. The molecule has 2 aromatic carbocycles. The lowest BCUT2D eigenvalue weighted by Gasteiger charge is -2.25. The normalized spacial score (nSPS) is 11.7. The van der Waals surface area contributed by atoms with Gasteiger partial charge in [0.25, 0.3) is 0 Å². The number of hydrogen-bond donors (Lipinski definition) is 0. The van der Waals surface area contributed by atoms with Crippen LogP contribution in [0.1, 0.15) is 24.5 Å². The van der Waals surface area contributed by atoms with Crippen LogP contribution in [-0.4, -0.2) is 30.4 Å². The minimum absolute atomic E-state index is 0.0135. The molecule has 0 saturated carbocycles. The molecule has 2 aromatic rings. The van der Waals surface area contributed by atoms with Crippen LogP contribution in [0.25, 0.3) is 0 Å². The van der Waals surface area contributed by atoms with E-state index in [-0.39, 0.29) is 17.8 Å². The van der Waals surface area contributed by atoms with E-state index in [4.69, 9.17) is 16.3 Å². The molecule has 138 valence electrons. The van der Waals surface area contributed by atoms with Gasteiger partial charge in [0.05, 0.1) is 13.0 Å². The van der Waals surface area contributed by atoms with Crippen LogP contribution in [0.2, 0.25) is 5.02 Å². The second-order valence-electron chi connectivity index (χ2n) is 6.31. The Morgan fingerprint density at radius 1 is 1.04 bits per heavy atom. The highest BCUT2D eigenvalue weighted by Gasteiger charge is 2.21. The summed E-state index contributed by atoms with van der Waals surface area (Å²) in [5.41, 5.74) is 2.09. The lowest BCUT2D eigenvalue weighted by Crippen LogP contribution is -2.37. The van der Waals surface area contributed by atoms with Gasteiger partial charge in [-0.3, -0.25) is 9.59 Å². The number of amides is 1. The molecule has 1 amide bonds. The second-order valence-corrected chi connectivity index (χ2v) is 6.75. The van der Waals surface area contributed by atoms with Crippen molar-refractivity contribution in [2.45, 2.75) is 26.3 Å². The summed E-state index contributed by atoms with van der Waals surface area (Å²) in [4.78, 5) is 26.3. The summed E-state index contributed by atoms with van der Waals surface area (Å²) in [6.07, 6.45) is 1.06. The Bertz CT molecular complexity index is 716. The number of nitrogens with zero attached hydrogens (tertiary/aromatic N) is 1. The monoisotopic (exact) mass is 373 g/mol. The van der Waals surface area contributed by atoms with Gasteiger partial charge in [-0.2, -0.15) is 0 Å². The third kappa shape index (κ3) is 6.19. The Balaban J connectivity index is 2.06. The van der Waals surface area contributed by atoms with Gasteiger partial charge in [-0.15, -0.1) is 0 Å². The highest BCUT2D eigenvalue weighted by Crippen LogP contribution is 2.15. The maximum atomic E-state index is 12.8. The first-order chi connectivity index (χ1) is 12.5. The van der Waals surface area contributed by atoms with Crippen LogP contribution in [0.4, 0.5) is 0 Å². The number of halogens is 1. The van der Waals surface area contributed by atoms with E-state index in [0.29, 0.717) is 31.0 Å². The predicted octanol–water partition coefficient (Wildman–Crippen LogP) is 4.11. The lowest BCUT2D eigenvalue weighted by atomic mass is 10.1. The Morgan fingerprint density at radius 2 is 1.69 bits per heavy atom. The van der Waals surface area contributed by atoms with Gasteiger partial charge < -0.3 is 9.64 Å². The lowest BCUT2D eigenvalue weighted by molar-refractivity contribution is -0.146. The van der Waals surface area contributed by atoms with Gasteiger partial charge in [0.1, 0.15) is 0 Å². The van der Waals surface area contributed by atoms with Gasteiger partial charge in [0.15, 0.2) is 0 Å². The summed E-state index contributed by atoms with van der Waals surface area (Å²) < 4.78 is 4.79. The van der Waals surface area contributed by atoms with Crippen molar-refractivity contribution in [3.05, 3.63) is 70.7 Å². The van der Waals surface area contributed by atoms with Crippen LogP contribution in [0.3, 0.4) is 0 Å². The maximum Gasteiger partial charge on any atom is 0.310 e. The van der Waals surface area contributed by atoms with Gasteiger partial charge >= 0.3 is 5.97 Å². The standard InChI is InChI=1S/C21H24ClNO3/c1-16(21(25)26-2)14-23(15-18-8-11-19(22)12-9-18)20(24)13-10-17-6-4-3-5-7-17/h3-9,11-12,16H,10,13-15H2,1-2H3. The molecule has 0 fully saturated rings. The first-order valence-corrected chi connectivity index (χ1v) is 9.01. The third-order valence-electron chi connectivity index (χ3n) is 4.21. The highest BCUT2D eigenvalue weighted by molar-refractivity contribution is 6.30. The van der Waals surface area contributed by atoms with E-state index in [9.17, 15) is 9.59 Å². The number of hydrogen-bond acceptors (Lipinski definition) is 3. The Hall–Kier alpha value is -2.33. The number of aryl methyl sites for hydroxylation is 1. The number of benzene rings is 2. The molecule has 1 atom stereocenters. The number of carbonyl (C=O) groups excluding carboxylic acids is 2. The molecule has 0 N–H and O–H groups in total. The van der Waals surface area contributed by atoms with Crippen molar-refractivity contribution >= 4 is 23.5 Å². The smallest absolute Gasteiger partial charge is 0.310 e. The summed E-state index contributed by atoms with van der Waals surface area (Å²) >= 11 is 5.93. The summed E-state index contributed by atoms with van der Waals surface area (Å²) in [7, 11) is 1.36. The van der Waals surface area contributed by atoms with Crippen LogP contribution in [0, 0.1) is 5.92 Å². The molecule has 0 aliphatic carbocycles. The molecule has 1 unspecified atom stereocenters. The Morgan fingerprint density at radius 3 is 2.31 bits per heavy atom. The van der Waals surface area contributed by atoms with Crippen molar-refractivity contribution in [2.75, 3.05) is 13.7 Å². The van der Waals surface area contributed by atoms with Crippen LogP contribution in [-0.2, 0) is 27.3 Å². The molecule has 0 heterocycles. The summed E-state index contributed by atoms with van der Waals surface area (Å²) in [5, 5.41) is 0.652. The van der Waals surface area contributed by atoms with Crippen molar-refractivity contribution in [3.63, 3.8) is 0 Å². The molecule has 0 bridgehead atoms. The van der Waals surface area contributed by atoms with E-state index in [1.165, 1.54) is 7.11 Å². The summed E-state index contributed by atoms with van der Waals surface area (Å²) in [6.45, 7) is 2.53. The van der Waals surface area contributed by atoms with Crippen molar-refractivity contribution in [2.24, 2.45) is 5.92 Å². The number of esters is 1. The van der Waals surface area contributed by atoms with Crippen molar-refractivity contribution in [1.29, 1.82) is 0 Å². The number of rotatable bonds is 8. The van der Waals surface area contributed by atoms with E-state index in [1.807, 2.05) is 42.5 Å². The van der Waals surface area contributed by atoms with Gasteiger partial charge in [-0.1, -0.05) is 61.0 Å². The van der Waals surface area contributed by atoms with Crippen LogP contribution in [0.15, 0.2) is 54.6 Å². The zero-order chi connectivity index (χ0) is 18.9. The van der Waals surface area contributed by atoms with Gasteiger partial charge in [0, 0.05) is 24.5 Å². The SMILES string of the molecule is COC(=O)C(C)CN(Cc1ccc(Cl)cc1)C(=O)CCc1ccccc1. The molecule has 0 saturated heterocycles. The fourth-order valence-electron chi connectivity index (χ4n) is 2.73. The van der Waals surface area contributed by atoms with E-state index in [0.717, 1.165) is 11.1 Å². The minimum atomic E-state index is -0.382. The molecule has 4 nitrogen and oxygen atoms in total. The van der Waals surface area contributed by atoms with Crippen LogP contribution in [0.5, 0.6) is 0 Å². The maximum absolute atomic E-state index is 12.8. The molecule has 0 aromatic heterocycles.